The molecule has 0 radical (unpaired) electrons. The van der Waals surface area contributed by atoms with E-state index in [0.29, 0.717) is 0 Å². The Hall–Kier alpha value is -3.52. The molecule has 0 spiro atoms. The van der Waals surface area contributed by atoms with Crippen LogP contribution in [0, 0.1) is 6.92 Å². The van der Waals surface area contributed by atoms with Crippen LogP contribution in [0.2, 0.25) is 0 Å². The van der Waals surface area contributed by atoms with Gasteiger partial charge in [-0.15, -0.1) is 0 Å². The van der Waals surface area contributed by atoms with Crippen LogP contribution in [-0.4, -0.2) is 9.55 Å². The third-order valence-electron chi connectivity index (χ3n) is 5.29. The Bertz CT molecular complexity index is 1330. The second kappa shape index (κ2) is 6.03. The van der Waals surface area contributed by atoms with Gasteiger partial charge in [-0.1, -0.05) is 55.1 Å². The summed E-state index contributed by atoms with van der Waals surface area (Å²) in [5, 5.41) is 3.87. The van der Waals surface area contributed by atoms with E-state index in [0.717, 1.165) is 0 Å². The quantitative estimate of drug-likeness (QED) is 0.347. The molecule has 3 aromatic carbocycles. The molecule has 0 aliphatic carbocycles. The van der Waals surface area contributed by atoms with Crippen molar-refractivity contribution in [1.82, 2.24) is 9.55 Å². The summed E-state index contributed by atoms with van der Waals surface area (Å²) in [7, 11) is 0. The number of benzene rings is 3. The van der Waals surface area contributed by atoms with E-state index in [2.05, 4.69) is 95.9 Å². The normalized spacial score (nSPS) is 11.9. The fourth-order valence-electron chi connectivity index (χ4n) is 4.14. The summed E-state index contributed by atoms with van der Waals surface area (Å²) in [5.74, 6) is 0. The molecule has 0 bridgehead atoms. The van der Waals surface area contributed by atoms with Gasteiger partial charge in [0.15, 0.2) is 0 Å². The number of H-pyrrole nitrogens is 1. The van der Waals surface area contributed by atoms with Crippen LogP contribution in [0.3, 0.4) is 0 Å². The molecule has 5 aromatic rings. The van der Waals surface area contributed by atoms with E-state index in [1.165, 1.54) is 49.7 Å². The Balaban J connectivity index is 2.00. The fourth-order valence-corrected chi connectivity index (χ4v) is 4.14. The molecular formula is C25H20N2. The average Bonchev–Trinajstić information content (AvgIpc) is 3.22. The Kier molecular flexibility index (Phi) is 3.51. The van der Waals surface area contributed by atoms with E-state index < -0.39 is 0 Å². The van der Waals surface area contributed by atoms with Crippen molar-refractivity contribution in [2.45, 2.75) is 6.92 Å². The molecule has 2 aromatic heterocycles. The van der Waals surface area contributed by atoms with Crippen molar-refractivity contribution in [3.8, 4) is 5.69 Å². The van der Waals surface area contributed by atoms with Crippen molar-refractivity contribution in [3.05, 3.63) is 96.7 Å². The SMILES string of the molecule is C=C/C=C\c1c(C)c2c3c(ccc2n1-c1ccccc1)[nH]c1ccccc13. The molecule has 5 rings (SSSR count). The maximum absolute atomic E-state index is 3.84. The van der Waals surface area contributed by atoms with Gasteiger partial charge in [0.25, 0.3) is 0 Å². The predicted octanol–water partition coefficient (Wildman–Crippen LogP) is 6.77. The molecule has 0 unspecified atom stereocenters. The van der Waals surface area contributed by atoms with Gasteiger partial charge in [0, 0.05) is 38.6 Å². The highest BCUT2D eigenvalue weighted by atomic mass is 15.0. The minimum absolute atomic E-state index is 1.17. The smallest absolute Gasteiger partial charge is 0.0545 e. The molecule has 27 heavy (non-hydrogen) atoms. The first kappa shape index (κ1) is 15.7. The average molecular weight is 348 g/mol. The Morgan fingerprint density at radius 2 is 1.63 bits per heavy atom. The summed E-state index contributed by atoms with van der Waals surface area (Å²) in [6, 6.07) is 23.5. The first-order valence-corrected chi connectivity index (χ1v) is 9.18. The number of aromatic nitrogens is 2. The van der Waals surface area contributed by atoms with Gasteiger partial charge in [-0.25, -0.2) is 0 Å². The number of allylic oxidation sites excluding steroid dienone is 2. The van der Waals surface area contributed by atoms with E-state index in [1.807, 2.05) is 12.2 Å². The van der Waals surface area contributed by atoms with E-state index in [4.69, 9.17) is 0 Å². The van der Waals surface area contributed by atoms with Crippen LogP contribution in [0.5, 0.6) is 0 Å². The van der Waals surface area contributed by atoms with E-state index in [1.54, 1.807) is 0 Å². The van der Waals surface area contributed by atoms with Crippen molar-refractivity contribution in [2.24, 2.45) is 0 Å². The van der Waals surface area contributed by atoms with Gasteiger partial charge < -0.3 is 9.55 Å². The predicted molar refractivity (Wildman–Crippen MR) is 117 cm³/mol. The van der Waals surface area contributed by atoms with Crippen LogP contribution in [0.4, 0.5) is 0 Å². The van der Waals surface area contributed by atoms with Gasteiger partial charge >= 0.3 is 0 Å². The van der Waals surface area contributed by atoms with Crippen LogP contribution in [0.15, 0.2) is 85.5 Å². The molecule has 0 amide bonds. The van der Waals surface area contributed by atoms with Gasteiger partial charge in [-0.3, -0.25) is 0 Å². The Morgan fingerprint density at radius 1 is 0.852 bits per heavy atom. The largest absolute Gasteiger partial charge is 0.354 e. The minimum Gasteiger partial charge on any atom is -0.354 e. The summed E-state index contributed by atoms with van der Waals surface area (Å²) < 4.78 is 2.34. The van der Waals surface area contributed by atoms with Crippen molar-refractivity contribution in [2.75, 3.05) is 0 Å². The monoisotopic (exact) mass is 348 g/mol. The number of fused-ring (bicyclic) bond motifs is 5. The maximum Gasteiger partial charge on any atom is 0.0545 e. The summed E-state index contributed by atoms with van der Waals surface area (Å²) in [6.07, 6.45) is 5.98. The molecule has 0 fully saturated rings. The number of hydrogen-bond acceptors (Lipinski definition) is 0. The highest BCUT2D eigenvalue weighted by Crippen LogP contribution is 2.38. The van der Waals surface area contributed by atoms with Crippen molar-refractivity contribution in [3.63, 3.8) is 0 Å². The molecule has 1 N–H and O–H groups in total. The van der Waals surface area contributed by atoms with Crippen molar-refractivity contribution < 1.29 is 0 Å². The lowest BCUT2D eigenvalue weighted by atomic mass is 10.0. The number of nitrogens with one attached hydrogen (secondary N) is 1. The van der Waals surface area contributed by atoms with Crippen LogP contribution in [-0.2, 0) is 0 Å². The molecule has 0 atom stereocenters. The van der Waals surface area contributed by atoms with Gasteiger partial charge in [-0.2, -0.15) is 0 Å². The molecular weight excluding hydrogens is 328 g/mol. The standard InChI is InChI=1S/C25H20N2/c1-3-4-14-22-17(2)24-23(27(22)18-10-6-5-7-11-18)16-15-21-25(24)19-12-8-9-13-20(19)26-21/h3-16,26H,1H2,2H3/b14-4-. The zero-order valence-electron chi connectivity index (χ0n) is 15.2. The zero-order valence-corrected chi connectivity index (χ0v) is 15.2. The second-order valence-corrected chi connectivity index (χ2v) is 6.83. The molecule has 0 saturated carbocycles. The third kappa shape index (κ3) is 2.27. The van der Waals surface area contributed by atoms with Crippen molar-refractivity contribution >= 4 is 38.8 Å². The van der Waals surface area contributed by atoms with Gasteiger partial charge in [0.05, 0.1) is 5.52 Å². The lowest BCUT2D eigenvalue weighted by molar-refractivity contribution is 1.10. The van der Waals surface area contributed by atoms with E-state index in [-0.39, 0.29) is 0 Å². The number of hydrogen-bond donors (Lipinski definition) is 1. The number of para-hydroxylation sites is 2. The molecule has 2 nitrogen and oxygen atoms in total. The molecule has 2 heterocycles. The topological polar surface area (TPSA) is 20.7 Å². The highest BCUT2D eigenvalue weighted by Gasteiger charge is 2.18. The Labute approximate surface area is 158 Å². The Morgan fingerprint density at radius 3 is 2.44 bits per heavy atom. The fraction of sp³-hybridized carbons (Fsp3) is 0.0400. The number of rotatable bonds is 3. The zero-order chi connectivity index (χ0) is 18.4. The van der Waals surface area contributed by atoms with E-state index in [9.17, 15) is 0 Å². The first-order chi connectivity index (χ1) is 13.3. The lowest BCUT2D eigenvalue weighted by Gasteiger charge is -2.09. The maximum atomic E-state index is 3.84. The number of aromatic amines is 1. The van der Waals surface area contributed by atoms with Gasteiger partial charge in [0.2, 0.25) is 0 Å². The minimum atomic E-state index is 1.17. The van der Waals surface area contributed by atoms with E-state index >= 15 is 0 Å². The number of nitrogens with zero attached hydrogens (tertiary/aromatic N) is 1. The molecule has 2 heteroatoms. The second-order valence-electron chi connectivity index (χ2n) is 6.83. The molecule has 130 valence electrons. The third-order valence-corrected chi connectivity index (χ3v) is 5.29. The number of aryl methyl sites for hydroxylation is 1. The summed E-state index contributed by atoms with van der Waals surface area (Å²) in [6.45, 7) is 6.06. The highest BCUT2D eigenvalue weighted by molar-refractivity contribution is 6.21. The summed E-state index contributed by atoms with van der Waals surface area (Å²) >= 11 is 0. The van der Waals surface area contributed by atoms with Gasteiger partial charge in [0.1, 0.15) is 0 Å². The summed E-state index contributed by atoms with van der Waals surface area (Å²) in [4.78, 5) is 3.57. The van der Waals surface area contributed by atoms with Crippen LogP contribution >= 0.6 is 0 Å². The summed E-state index contributed by atoms with van der Waals surface area (Å²) in [5.41, 5.74) is 7.21. The van der Waals surface area contributed by atoms with Gasteiger partial charge in [-0.05, 0) is 48.9 Å². The molecule has 0 saturated heterocycles. The van der Waals surface area contributed by atoms with Crippen LogP contribution in [0.25, 0.3) is 44.5 Å². The molecule has 0 aliphatic heterocycles. The molecule has 0 aliphatic rings. The first-order valence-electron chi connectivity index (χ1n) is 9.18. The lowest BCUT2D eigenvalue weighted by Crippen LogP contribution is -1.96. The van der Waals surface area contributed by atoms with Crippen molar-refractivity contribution in [1.29, 1.82) is 0 Å². The van der Waals surface area contributed by atoms with Crippen LogP contribution in [0.1, 0.15) is 11.3 Å². The van der Waals surface area contributed by atoms with Crippen LogP contribution < -0.4 is 0 Å².